The number of hydrogen-bond acceptors (Lipinski definition) is 4. The number of ether oxygens (including phenoxy) is 2. The van der Waals surface area contributed by atoms with Crippen LogP contribution in [0.5, 0.6) is 11.8 Å². The zero-order valence-corrected chi connectivity index (χ0v) is 10.9. The van der Waals surface area contributed by atoms with Gasteiger partial charge in [-0.2, -0.15) is 4.98 Å². The molecular weight excluding hydrogens is 216 g/mol. The predicted molar refractivity (Wildman–Crippen MR) is 69.4 cm³/mol. The topological polar surface area (TPSA) is 57.4 Å². The zero-order valence-electron chi connectivity index (χ0n) is 10.9. The van der Waals surface area contributed by atoms with E-state index >= 15 is 0 Å². The zero-order chi connectivity index (χ0) is 12.7. The van der Waals surface area contributed by atoms with Crippen molar-refractivity contribution in [2.24, 2.45) is 5.92 Å². The van der Waals surface area contributed by atoms with E-state index in [1.807, 2.05) is 0 Å². The molecule has 0 bridgehead atoms. The number of aromatic nitrogens is 1. The Morgan fingerprint density at radius 2 is 2.06 bits per heavy atom. The van der Waals surface area contributed by atoms with Crippen molar-refractivity contribution in [1.29, 1.82) is 0 Å². The van der Waals surface area contributed by atoms with E-state index in [-0.39, 0.29) is 0 Å². The summed E-state index contributed by atoms with van der Waals surface area (Å²) in [7, 11) is 0. The lowest BCUT2D eigenvalue weighted by Crippen LogP contribution is -2.08. The maximum Gasteiger partial charge on any atom is 0.240 e. The normalized spacial score (nSPS) is 10.6. The molecule has 0 aliphatic carbocycles. The second kappa shape index (κ2) is 6.99. The van der Waals surface area contributed by atoms with Gasteiger partial charge < -0.3 is 15.2 Å². The number of anilines is 1. The van der Waals surface area contributed by atoms with Crippen LogP contribution in [0.15, 0.2) is 12.1 Å². The third kappa shape index (κ3) is 4.93. The van der Waals surface area contributed by atoms with Gasteiger partial charge in [-0.05, 0) is 18.4 Å². The average Bonchev–Trinajstić information content (AvgIpc) is 2.29. The van der Waals surface area contributed by atoms with Gasteiger partial charge in [0.25, 0.3) is 0 Å². The number of pyridine rings is 1. The van der Waals surface area contributed by atoms with Crippen LogP contribution < -0.4 is 15.2 Å². The monoisotopic (exact) mass is 238 g/mol. The number of rotatable bonds is 7. The lowest BCUT2D eigenvalue weighted by molar-refractivity contribution is 0.252. The second-order valence-corrected chi connectivity index (χ2v) is 4.45. The van der Waals surface area contributed by atoms with Gasteiger partial charge in [-0.3, -0.25) is 0 Å². The molecule has 1 heterocycles. The first-order valence-corrected chi connectivity index (χ1v) is 6.15. The van der Waals surface area contributed by atoms with E-state index < -0.39 is 0 Å². The highest BCUT2D eigenvalue weighted by Crippen LogP contribution is 2.22. The van der Waals surface area contributed by atoms with Crippen molar-refractivity contribution in [2.45, 2.75) is 33.6 Å². The second-order valence-electron chi connectivity index (χ2n) is 4.45. The van der Waals surface area contributed by atoms with Gasteiger partial charge in [0.2, 0.25) is 11.8 Å². The van der Waals surface area contributed by atoms with Gasteiger partial charge in [0.1, 0.15) is 0 Å². The molecule has 2 N–H and O–H groups in total. The van der Waals surface area contributed by atoms with Gasteiger partial charge in [0, 0.05) is 6.07 Å². The summed E-state index contributed by atoms with van der Waals surface area (Å²) in [4.78, 5) is 4.25. The highest BCUT2D eigenvalue weighted by molar-refractivity contribution is 5.49. The molecule has 0 fully saturated rings. The molecule has 1 aromatic rings. The molecular formula is C13H22N2O2. The molecule has 0 spiro atoms. The third-order valence-corrected chi connectivity index (χ3v) is 2.17. The van der Waals surface area contributed by atoms with Crippen molar-refractivity contribution in [2.75, 3.05) is 18.9 Å². The summed E-state index contributed by atoms with van der Waals surface area (Å²) in [6.45, 7) is 7.57. The van der Waals surface area contributed by atoms with Gasteiger partial charge in [0.15, 0.2) is 0 Å². The molecule has 4 heteroatoms. The fraction of sp³-hybridized carbons (Fsp3) is 0.615. The average molecular weight is 238 g/mol. The smallest absolute Gasteiger partial charge is 0.240 e. The molecule has 1 rings (SSSR count). The first-order chi connectivity index (χ1) is 8.13. The van der Waals surface area contributed by atoms with Gasteiger partial charge in [-0.15, -0.1) is 0 Å². The van der Waals surface area contributed by atoms with Crippen molar-refractivity contribution in [3.63, 3.8) is 0 Å². The minimum Gasteiger partial charge on any atom is -0.478 e. The highest BCUT2D eigenvalue weighted by atomic mass is 16.5. The number of hydrogen-bond donors (Lipinski definition) is 1. The number of nitrogen functional groups attached to an aromatic ring is 1. The minimum atomic E-state index is 0.445. The highest BCUT2D eigenvalue weighted by Gasteiger charge is 2.06. The summed E-state index contributed by atoms with van der Waals surface area (Å²) >= 11 is 0. The first kappa shape index (κ1) is 13.6. The summed E-state index contributed by atoms with van der Waals surface area (Å²) < 4.78 is 11.0. The van der Waals surface area contributed by atoms with Crippen LogP contribution in [0.3, 0.4) is 0 Å². The Morgan fingerprint density at radius 1 is 1.29 bits per heavy atom. The summed E-state index contributed by atoms with van der Waals surface area (Å²) in [6.07, 6.45) is 2.12. The Morgan fingerprint density at radius 3 is 2.71 bits per heavy atom. The fourth-order valence-electron chi connectivity index (χ4n) is 1.20. The Balaban J connectivity index is 2.59. The molecule has 0 saturated heterocycles. The molecule has 0 atom stereocenters. The van der Waals surface area contributed by atoms with Crippen LogP contribution in [-0.2, 0) is 0 Å². The molecule has 0 aliphatic heterocycles. The fourth-order valence-corrected chi connectivity index (χ4v) is 1.20. The third-order valence-electron chi connectivity index (χ3n) is 2.17. The Bertz CT molecular complexity index is 340. The molecule has 1 aromatic heterocycles. The van der Waals surface area contributed by atoms with Gasteiger partial charge in [-0.25, -0.2) is 0 Å². The van der Waals surface area contributed by atoms with Gasteiger partial charge in [0.05, 0.1) is 18.9 Å². The van der Waals surface area contributed by atoms with Crippen molar-refractivity contribution < 1.29 is 9.47 Å². The van der Waals surface area contributed by atoms with Crippen LogP contribution in [0.2, 0.25) is 0 Å². The molecule has 17 heavy (non-hydrogen) atoms. The van der Waals surface area contributed by atoms with E-state index in [1.54, 1.807) is 12.1 Å². The SMILES string of the molecule is CCCCOc1ccc(N)c(OCC(C)C)n1. The molecule has 0 unspecified atom stereocenters. The molecule has 0 radical (unpaired) electrons. The molecule has 0 aliphatic rings. The van der Waals surface area contributed by atoms with Gasteiger partial charge in [-0.1, -0.05) is 27.2 Å². The van der Waals surface area contributed by atoms with E-state index in [0.717, 1.165) is 12.8 Å². The first-order valence-electron chi connectivity index (χ1n) is 6.15. The maximum atomic E-state index is 5.79. The van der Waals surface area contributed by atoms with Crippen LogP contribution in [-0.4, -0.2) is 18.2 Å². The van der Waals surface area contributed by atoms with E-state index in [4.69, 9.17) is 15.2 Å². The van der Waals surface area contributed by atoms with Crippen molar-refractivity contribution in [1.82, 2.24) is 4.98 Å². The molecule has 0 saturated carbocycles. The number of nitrogens with zero attached hydrogens (tertiary/aromatic N) is 1. The Hall–Kier alpha value is -1.45. The summed E-state index contributed by atoms with van der Waals surface area (Å²) in [6, 6.07) is 3.54. The molecule has 96 valence electrons. The van der Waals surface area contributed by atoms with E-state index in [2.05, 4.69) is 25.8 Å². The van der Waals surface area contributed by atoms with Crippen LogP contribution in [0.4, 0.5) is 5.69 Å². The van der Waals surface area contributed by atoms with Gasteiger partial charge >= 0.3 is 0 Å². The minimum absolute atomic E-state index is 0.445. The quantitative estimate of drug-likeness (QED) is 0.742. The van der Waals surface area contributed by atoms with Crippen molar-refractivity contribution in [3.05, 3.63) is 12.1 Å². The Kier molecular flexibility index (Phi) is 5.60. The van der Waals surface area contributed by atoms with E-state index in [0.29, 0.717) is 36.6 Å². The van der Waals surface area contributed by atoms with Crippen LogP contribution in [0, 0.1) is 5.92 Å². The van der Waals surface area contributed by atoms with E-state index in [9.17, 15) is 0 Å². The van der Waals surface area contributed by atoms with Crippen molar-refractivity contribution in [3.8, 4) is 11.8 Å². The van der Waals surface area contributed by atoms with Crippen LogP contribution in [0.25, 0.3) is 0 Å². The summed E-state index contributed by atoms with van der Waals surface area (Å²) in [5.41, 5.74) is 6.34. The standard InChI is InChI=1S/C13H22N2O2/c1-4-5-8-16-12-7-6-11(14)13(15-12)17-9-10(2)3/h6-7,10H,4-5,8-9,14H2,1-3H3. The largest absolute Gasteiger partial charge is 0.478 e. The predicted octanol–water partition coefficient (Wildman–Crippen LogP) is 2.88. The number of nitrogens with two attached hydrogens (primary N) is 1. The maximum absolute atomic E-state index is 5.79. The lowest BCUT2D eigenvalue weighted by atomic mass is 10.2. The van der Waals surface area contributed by atoms with Crippen molar-refractivity contribution >= 4 is 5.69 Å². The number of unbranched alkanes of at least 4 members (excludes halogenated alkanes) is 1. The molecule has 4 nitrogen and oxygen atoms in total. The van der Waals surface area contributed by atoms with Crippen LogP contribution in [0.1, 0.15) is 33.6 Å². The van der Waals surface area contributed by atoms with Crippen LogP contribution >= 0.6 is 0 Å². The molecule has 0 amide bonds. The Labute approximate surface area is 103 Å². The van der Waals surface area contributed by atoms with E-state index in [1.165, 1.54) is 0 Å². The molecule has 0 aromatic carbocycles. The summed E-state index contributed by atoms with van der Waals surface area (Å²) in [5.74, 6) is 1.49. The summed E-state index contributed by atoms with van der Waals surface area (Å²) in [5, 5.41) is 0. The lowest BCUT2D eigenvalue weighted by Gasteiger charge is -2.11.